The zero-order valence-corrected chi connectivity index (χ0v) is 54.0. The van der Waals surface area contributed by atoms with Crippen molar-refractivity contribution < 1.29 is 65.7 Å². The van der Waals surface area contributed by atoms with Crippen molar-refractivity contribution in [2.24, 2.45) is 0 Å². The molecule has 8 aromatic carbocycles. The van der Waals surface area contributed by atoms with Crippen LogP contribution in [-0.4, -0.2) is 116 Å². The fourth-order valence-electron chi connectivity index (χ4n) is 12.3. The van der Waals surface area contributed by atoms with Gasteiger partial charge in [-0.3, -0.25) is 0 Å². The second-order valence-electron chi connectivity index (χ2n) is 23.1. The van der Waals surface area contributed by atoms with Gasteiger partial charge in [0, 0.05) is 48.6 Å². The molecule has 12 bridgehead atoms. The second-order valence-corrected chi connectivity index (χ2v) is 25.2. The van der Waals surface area contributed by atoms with Gasteiger partial charge in [-0.15, -0.1) is 22.7 Å². The lowest BCUT2D eigenvalue weighted by Gasteiger charge is -2.23. The average Bonchev–Trinajstić information content (AvgIpc) is 1.43. The van der Waals surface area contributed by atoms with Crippen LogP contribution in [0.1, 0.15) is 44.5 Å². The van der Waals surface area contributed by atoms with E-state index in [-0.39, 0.29) is 106 Å². The summed E-state index contributed by atoms with van der Waals surface area (Å²) in [5.74, 6) is 4.61. The summed E-state index contributed by atoms with van der Waals surface area (Å²) < 4.78 is 91.9. The molecular formula is C76H66N2O16S2. The first kappa shape index (κ1) is 62.3. The van der Waals surface area contributed by atoms with Crippen LogP contribution in [0.3, 0.4) is 0 Å². The molecule has 0 radical (unpaired) electrons. The van der Waals surface area contributed by atoms with Gasteiger partial charge < -0.3 is 65.7 Å². The van der Waals surface area contributed by atoms with Crippen LogP contribution in [0.15, 0.2) is 176 Å². The minimum atomic E-state index is -0.506. The predicted molar refractivity (Wildman–Crippen MR) is 366 cm³/mol. The molecule has 0 atom stereocenters. The van der Waals surface area contributed by atoms with E-state index < -0.39 is 11.3 Å². The number of thiazole rings is 2. The molecule has 5 aliphatic rings. The van der Waals surface area contributed by atoms with Gasteiger partial charge in [-0.05, 0) is 93.0 Å². The molecule has 0 N–H and O–H groups in total. The van der Waals surface area contributed by atoms with Crippen LogP contribution in [0.2, 0.25) is 0 Å². The van der Waals surface area contributed by atoms with E-state index in [1.807, 2.05) is 60.7 Å². The lowest BCUT2D eigenvalue weighted by molar-refractivity contribution is 0.0696. The number of rotatable bonds is 2. The lowest BCUT2D eigenvalue weighted by Crippen LogP contribution is -2.15. The van der Waals surface area contributed by atoms with Gasteiger partial charge in [-0.25, -0.2) is 19.6 Å². The van der Waals surface area contributed by atoms with E-state index in [1.165, 1.54) is 22.7 Å². The third kappa shape index (κ3) is 14.0. The Morgan fingerprint density at radius 1 is 0.292 bits per heavy atom. The van der Waals surface area contributed by atoms with Crippen molar-refractivity contribution in [1.82, 2.24) is 9.97 Å². The second kappa shape index (κ2) is 29.0. The van der Waals surface area contributed by atoms with Crippen LogP contribution >= 0.6 is 22.7 Å². The van der Waals surface area contributed by atoms with Gasteiger partial charge in [0.05, 0.1) is 84.4 Å². The van der Waals surface area contributed by atoms with E-state index in [2.05, 4.69) is 72.8 Å². The summed E-state index contributed by atoms with van der Waals surface area (Å²) >= 11 is 2.86. The Balaban J connectivity index is 0.734. The molecule has 0 unspecified atom stereocenters. The van der Waals surface area contributed by atoms with Crippen LogP contribution in [0.25, 0.3) is 63.5 Å². The van der Waals surface area contributed by atoms with Gasteiger partial charge in [0.2, 0.25) is 0 Å². The van der Waals surface area contributed by atoms with Gasteiger partial charge >= 0.3 is 11.3 Å². The third-order valence-electron chi connectivity index (χ3n) is 16.7. The number of nitrogens with zero attached hydrogens (tertiary/aromatic N) is 2. The highest BCUT2D eigenvalue weighted by Gasteiger charge is 2.24. The number of ether oxygens (including phenoxy) is 12. The Morgan fingerprint density at radius 3 is 0.875 bits per heavy atom. The van der Waals surface area contributed by atoms with E-state index in [0.717, 1.165) is 87.9 Å². The normalized spacial score (nSPS) is 15.7. The smallest absolute Gasteiger partial charge is 0.346 e. The van der Waals surface area contributed by atoms with Gasteiger partial charge in [0.25, 0.3) is 0 Å². The zero-order valence-electron chi connectivity index (χ0n) is 52.4. The van der Waals surface area contributed by atoms with Gasteiger partial charge in [0.1, 0.15) is 97.0 Å². The van der Waals surface area contributed by atoms with Gasteiger partial charge in [-0.2, -0.15) is 0 Å². The summed E-state index contributed by atoms with van der Waals surface area (Å²) in [5, 5.41) is 2.42. The molecule has 0 saturated heterocycles. The Bertz CT molecular complexity index is 4550. The molecule has 4 aliphatic heterocycles. The Labute approximate surface area is 559 Å². The lowest BCUT2D eigenvalue weighted by atomic mass is 9.91. The maximum Gasteiger partial charge on any atom is 0.346 e. The van der Waals surface area contributed by atoms with Gasteiger partial charge in [-0.1, -0.05) is 97.1 Å². The van der Waals surface area contributed by atoms with Crippen molar-refractivity contribution in [1.29, 1.82) is 0 Å². The van der Waals surface area contributed by atoms with Crippen molar-refractivity contribution in [2.45, 2.75) is 25.7 Å². The Kier molecular flexibility index (Phi) is 18.9. The van der Waals surface area contributed by atoms with E-state index in [0.29, 0.717) is 91.8 Å². The highest BCUT2D eigenvalue weighted by Crippen LogP contribution is 2.42. The van der Waals surface area contributed by atoms with Crippen LogP contribution in [0, 0.1) is 0 Å². The number of aromatic nitrogens is 2. The number of fused-ring (bicyclic) bond motifs is 28. The van der Waals surface area contributed by atoms with Crippen molar-refractivity contribution in [2.75, 3.05) is 106 Å². The summed E-state index contributed by atoms with van der Waals surface area (Å²) in [6.07, 6.45) is 1.88. The highest BCUT2D eigenvalue weighted by atomic mass is 32.1. The maximum absolute atomic E-state index is 13.5. The first-order chi connectivity index (χ1) is 47.4. The van der Waals surface area contributed by atoms with Crippen LogP contribution in [0.4, 0.5) is 0 Å². The molecule has 0 fully saturated rings. The highest BCUT2D eigenvalue weighted by molar-refractivity contribution is 7.22. The number of hydrogen-bond acceptors (Lipinski definition) is 20. The minimum absolute atomic E-state index is 0.160. The molecule has 20 heteroatoms. The fourth-order valence-corrected chi connectivity index (χ4v) is 14.2. The molecule has 96 heavy (non-hydrogen) atoms. The predicted octanol–water partition coefficient (Wildman–Crippen LogP) is 13.7. The van der Waals surface area contributed by atoms with Crippen LogP contribution in [-0.2, 0) is 44.6 Å². The van der Waals surface area contributed by atoms with E-state index >= 15 is 0 Å². The Hall–Kier alpha value is -9.80. The minimum Gasteiger partial charge on any atom is -0.491 e. The molecular weight excluding hydrogens is 1260 g/mol. The Morgan fingerprint density at radius 2 is 0.573 bits per heavy atom. The first-order valence-corrected chi connectivity index (χ1v) is 33.7. The fraction of sp³-hybridized carbons (Fsp3) is 0.263. The maximum atomic E-state index is 13.5. The molecule has 18 nitrogen and oxygen atoms in total. The third-order valence-corrected chi connectivity index (χ3v) is 18.9. The monoisotopic (exact) mass is 1330 g/mol. The number of hydrogen-bond donors (Lipinski definition) is 0. The quantitative estimate of drug-likeness (QED) is 0.117. The van der Waals surface area contributed by atoms with E-state index in [9.17, 15) is 9.59 Å². The molecule has 0 amide bonds. The van der Waals surface area contributed by atoms with Crippen molar-refractivity contribution >= 4 is 65.0 Å². The van der Waals surface area contributed by atoms with E-state index in [4.69, 9.17) is 75.6 Å². The topological polar surface area (TPSA) is 197 Å². The molecule has 1 aliphatic carbocycles. The summed E-state index contributed by atoms with van der Waals surface area (Å²) in [5.41, 5.74) is 9.67. The largest absolute Gasteiger partial charge is 0.491 e. The van der Waals surface area contributed by atoms with Crippen LogP contribution in [0.5, 0.6) is 46.0 Å². The van der Waals surface area contributed by atoms with Crippen molar-refractivity contribution in [3.05, 3.63) is 223 Å². The standard InChI is InChI=1S/C76H66N2O16S2/c79-75-57(73-77-59-17-1-3-19-67(59)95-73)41-55-43-63-65(45-61(55)93-75)87-31-23-83-27-35-91-71-51-13-7-15-53(71)40-54-16-8-14-52-38-49-11-5-9-47(69(49)89-33-25-81-21-29-85-63)37-48-10-6-12-50(39-51)70(48)90-34-26-82-22-30-86-64-44-56-42-58(74-78-60-18-2-4-20-68(60)96-74)76(80)94-62(56)46-66(64)88-32-24-84-28-36-92-72(52)54/h1-20,41-46H,21-40H2. The molecule has 488 valence electrons. The molecule has 12 aromatic rings. The van der Waals surface area contributed by atoms with E-state index in [1.54, 1.807) is 24.3 Å². The molecule has 0 spiro atoms. The summed E-state index contributed by atoms with van der Waals surface area (Å²) in [6.45, 7) is 3.52. The summed E-state index contributed by atoms with van der Waals surface area (Å²) in [6, 6.07) is 51.3. The first-order valence-electron chi connectivity index (χ1n) is 32.1. The molecule has 8 heterocycles. The van der Waals surface area contributed by atoms with Crippen LogP contribution < -0.4 is 49.1 Å². The summed E-state index contributed by atoms with van der Waals surface area (Å²) in [7, 11) is 0. The van der Waals surface area contributed by atoms with Gasteiger partial charge in [0.15, 0.2) is 23.0 Å². The zero-order chi connectivity index (χ0) is 64.6. The number of benzene rings is 8. The average molecular weight is 1330 g/mol. The summed E-state index contributed by atoms with van der Waals surface area (Å²) in [4.78, 5) is 36.6. The molecule has 17 rings (SSSR count). The number of para-hydroxylation sites is 6. The van der Waals surface area contributed by atoms with Crippen molar-refractivity contribution in [3.8, 4) is 67.1 Å². The molecule has 4 aromatic heterocycles. The molecule has 0 saturated carbocycles. The SMILES string of the molecule is O=c1oc2cc3c(cc2cc1-c1nc2ccccc2s1)OCCOCCOc1c2cccc1Cc1cccc4c1OCCOCCOc1cc5oc(=O)c(-c6nc7ccccc7s6)cc5cc1OCCOCCOc1c(cccc1Cc1cccc(c1OCCOCCO3)C4)C2. The van der Waals surface area contributed by atoms with Crippen molar-refractivity contribution in [3.63, 3.8) is 0 Å².